The first-order chi connectivity index (χ1) is 6.82. The molecule has 1 aromatic carbocycles. The summed E-state index contributed by atoms with van der Waals surface area (Å²) in [4.78, 5) is 13.2. The van der Waals surface area contributed by atoms with Gasteiger partial charge in [0.2, 0.25) is 0 Å². The molecular weight excluding hydrogens is 190 g/mol. The van der Waals surface area contributed by atoms with E-state index in [0.29, 0.717) is 5.56 Å². The van der Waals surface area contributed by atoms with E-state index in [1.165, 1.54) is 4.90 Å². The summed E-state index contributed by atoms with van der Waals surface area (Å²) in [6.07, 6.45) is 0. The van der Waals surface area contributed by atoms with Crippen LogP contribution in [0.25, 0.3) is 0 Å². The maximum atomic E-state index is 11.7. The highest BCUT2D eigenvalue weighted by Gasteiger charge is 2.17. The third kappa shape index (κ3) is 2.80. The van der Waals surface area contributed by atoms with E-state index in [4.69, 9.17) is 0 Å². The van der Waals surface area contributed by atoms with Gasteiger partial charge in [0.1, 0.15) is 0 Å². The molecule has 3 nitrogen and oxygen atoms in total. The lowest BCUT2D eigenvalue weighted by molar-refractivity contribution is 0.0779. The smallest absolute Gasteiger partial charge is 0.253 e. The lowest BCUT2D eigenvalue weighted by Gasteiger charge is -2.19. The van der Waals surface area contributed by atoms with Crippen molar-refractivity contribution in [3.8, 4) is 0 Å². The van der Waals surface area contributed by atoms with Gasteiger partial charge in [-0.05, 0) is 31.5 Å². The monoisotopic (exact) mass is 207 g/mol. The second kappa shape index (κ2) is 4.03. The van der Waals surface area contributed by atoms with E-state index in [-0.39, 0.29) is 5.91 Å². The zero-order chi connectivity index (χ0) is 11.6. The van der Waals surface area contributed by atoms with Gasteiger partial charge >= 0.3 is 0 Å². The summed E-state index contributed by atoms with van der Waals surface area (Å²) in [7, 11) is 3.41. The lowest BCUT2D eigenvalue weighted by atomic mass is 9.96. The highest BCUT2D eigenvalue weighted by molar-refractivity contribution is 5.94. The van der Waals surface area contributed by atoms with Gasteiger partial charge in [-0.3, -0.25) is 4.79 Å². The van der Waals surface area contributed by atoms with Crippen molar-refractivity contribution in [1.82, 2.24) is 4.90 Å². The Kier molecular flexibility index (Phi) is 3.15. The fourth-order valence-electron chi connectivity index (χ4n) is 1.29. The minimum absolute atomic E-state index is 0.0545. The largest absolute Gasteiger partial charge is 0.386 e. The molecule has 1 N–H and O–H groups in total. The normalized spacial score (nSPS) is 11.3. The first kappa shape index (κ1) is 11.7. The molecule has 15 heavy (non-hydrogen) atoms. The van der Waals surface area contributed by atoms with E-state index in [0.717, 1.165) is 5.56 Å². The third-order valence-corrected chi connectivity index (χ3v) is 2.22. The third-order valence-electron chi connectivity index (χ3n) is 2.22. The van der Waals surface area contributed by atoms with Crippen LogP contribution in [0.15, 0.2) is 24.3 Å². The number of benzene rings is 1. The molecule has 1 amide bonds. The summed E-state index contributed by atoms with van der Waals surface area (Å²) in [6.45, 7) is 3.40. The zero-order valence-electron chi connectivity index (χ0n) is 9.61. The minimum Gasteiger partial charge on any atom is -0.386 e. The van der Waals surface area contributed by atoms with Crippen molar-refractivity contribution in [3.63, 3.8) is 0 Å². The zero-order valence-corrected chi connectivity index (χ0v) is 9.61. The van der Waals surface area contributed by atoms with Crippen molar-refractivity contribution in [3.05, 3.63) is 35.4 Å². The predicted molar refractivity (Wildman–Crippen MR) is 59.7 cm³/mol. The van der Waals surface area contributed by atoms with Crippen molar-refractivity contribution >= 4 is 5.91 Å². The molecule has 0 saturated carbocycles. The van der Waals surface area contributed by atoms with Crippen LogP contribution in [-0.4, -0.2) is 30.0 Å². The van der Waals surface area contributed by atoms with Gasteiger partial charge in [0.15, 0.2) is 0 Å². The van der Waals surface area contributed by atoms with Gasteiger partial charge < -0.3 is 10.0 Å². The number of rotatable bonds is 2. The Morgan fingerprint density at radius 2 is 1.93 bits per heavy atom. The second-order valence-corrected chi connectivity index (χ2v) is 4.34. The Labute approximate surface area is 90.3 Å². The number of hydrogen-bond acceptors (Lipinski definition) is 2. The Morgan fingerprint density at radius 3 is 2.40 bits per heavy atom. The van der Waals surface area contributed by atoms with Crippen molar-refractivity contribution in [2.75, 3.05) is 14.1 Å². The summed E-state index contributed by atoms with van der Waals surface area (Å²) in [6, 6.07) is 7.07. The Hall–Kier alpha value is -1.35. The molecule has 82 valence electrons. The van der Waals surface area contributed by atoms with Gasteiger partial charge in [0.25, 0.3) is 5.91 Å². The quantitative estimate of drug-likeness (QED) is 0.800. The Morgan fingerprint density at radius 1 is 1.33 bits per heavy atom. The van der Waals surface area contributed by atoms with Gasteiger partial charge in [0, 0.05) is 19.7 Å². The van der Waals surface area contributed by atoms with E-state index in [1.54, 1.807) is 46.1 Å². The van der Waals surface area contributed by atoms with Crippen LogP contribution in [0.4, 0.5) is 0 Å². The number of hydrogen-bond donors (Lipinski definition) is 1. The Bertz CT molecular complexity index is 364. The maximum absolute atomic E-state index is 11.7. The maximum Gasteiger partial charge on any atom is 0.253 e. The molecule has 0 bridgehead atoms. The molecule has 3 heteroatoms. The van der Waals surface area contributed by atoms with E-state index in [1.807, 2.05) is 6.07 Å². The molecular formula is C12H17NO2. The predicted octanol–water partition coefficient (Wildman–Crippen LogP) is 1.62. The van der Waals surface area contributed by atoms with Crippen LogP contribution >= 0.6 is 0 Å². The van der Waals surface area contributed by atoms with Gasteiger partial charge in [-0.1, -0.05) is 12.1 Å². The molecule has 1 rings (SSSR count). The molecule has 0 spiro atoms. The molecule has 0 unspecified atom stereocenters. The van der Waals surface area contributed by atoms with E-state index < -0.39 is 5.60 Å². The Balaban J connectivity index is 3.09. The van der Waals surface area contributed by atoms with Gasteiger partial charge in [-0.2, -0.15) is 0 Å². The summed E-state index contributed by atoms with van der Waals surface area (Å²) in [5.74, 6) is -0.0545. The summed E-state index contributed by atoms with van der Waals surface area (Å²) >= 11 is 0. The van der Waals surface area contributed by atoms with Crippen LogP contribution in [0.5, 0.6) is 0 Å². The number of amides is 1. The number of nitrogens with zero attached hydrogens (tertiary/aromatic N) is 1. The standard InChI is InChI=1S/C12H17NO2/c1-12(2,15)10-7-5-6-9(8-10)11(14)13(3)4/h5-8,15H,1-4H3. The molecule has 0 atom stereocenters. The van der Waals surface area contributed by atoms with Crippen LogP contribution < -0.4 is 0 Å². The van der Waals surface area contributed by atoms with E-state index in [2.05, 4.69) is 0 Å². The highest BCUT2D eigenvalue weighted by atomic mass is 16.3. The summed E-state index contributed by atoms with van der Waals surface area (Å²) in [5.41, 5.74) is 0.428. The molecule has 0 aromatic heterocycles. The van der Waals surface area contributed by atoms with Crippen LogP contribution in [-0.2, 0) is 5.60 Å². The second-order valence-electron chi connectivity index (χ2n) is 4.34. The molecule has 0 saturated heterocycles. The molecule has 0 aliphatic carbocycles. The fourth-order valence-corrected chi connectivity index (χ4v) is 1.29. The average Bonchev–Trinajstić information content (AvgIpc) is 2.15. The van der Waals surface area contributed by atoms with Crippen molar-refractivity contribution < 1.29 is 9.90 Å². The topological polar surface area (TPSA) is 40.5 Å². The lowest BCUT2D eigenvalue weighted by Crippen LogP contribution is -2.23. The molecule has 0 fully saturated rings. The highest BCUT2D eigenvalue weighted by Crippen LogP contribution is 2.20. The van der Waals surface area contributed by atoms with Crippen LogP contribution in [0, 0.1) is 0 Å². The van der Waals surface area contributed by atoms with Gasteiger partial charge in [-0.25, -0.2) is 0 Å². The fraction of sp³-hybridized carbons (Fsp3) is 0.417. The number of carbonyl (C=O) groups is 1. The van der Waals surface area contributed by atoms with E-state index in [9.17, 15) is 9.90 Å². The molecule has 1 aromatic rings. The average molecular weight is 207 g/mol. The summed E-state index contributed by atoms with van der Waals surface area (Å²) in [5, 5.41) is 9.81. The first-order valence-corrected chi connectivity index (χ1v) is 4.87. The molecule has 0 heterocycles. The van der Waals surface area contributed by atoms with Crippen molar-refractivity contribution in [2.24, 2.45) is 0 Å². The first-order valence-electron chi connectivity index (χ1n) is 4.87. The minimum atomic E-state index is -0.914. The van der Waals surface area contributed by atoms with Crippen LogP contribution in [0.3, 0.4) is 0 Å². The summed E-state index contributed by atoms with van der Waals surface area (Å²) < 4.78 is 0. The van der Waals surface area contributed by atoms with E-state index >= 15 is 0 Å². The van der Waals surface area contributed by atoms with Crippen LogP contribution in [0.2, 0.25) is 0 Å². The van der Waals surface area contributed by atoms with Gasteiger partial charge in [-0.15, -0.1) is 0 Å². The molecule has 0 aliphatic heterocycles. The van der Waals surface area contributed by atoms with Crippen molar-refractivity contribution in [2.45, 2.75) is 19.4 Å². The molecule has 0 aliphatic rings. The SMILES string of the molecule is CN(C)C(=O)c1cccc(C(C)(C)O)c1. The molecule has 0 radical (unpaired) electrons. The van der Waals surface area contributed by atoms with Gasteiger partial charge in [0.05, 0.1) is 5.60 Å². The number of aliphatic hydroxyl groups is 1. The van der Waals surface area contributed by atoms with Crippen LogP contribution in [0.1, 0.15) is 29.8 Å². The number of carbonyl (C=O) groups excluding carboxylic acids is 1. The van der Waals surface area contributed by atoms with Crippen molar-refractivity contribution in [1.29, 1.82) is 0 Å².